The molecule has 0 bridgehead atoms. The third-order valence-electron chi connectivity index (χ3n) is 5.80. The van der Waals surface area contributed by atoms with Crippen molar-refractivity contribution in [1.82, 2.24) is 0 Å². The van der Waals surface area contributed by atoms with E-state index in [1.165, 1.54) is 21.2 Å². The highest BCUT2D eigenvalue weighted by molar-refractivity contribution is 7.75. The van der Waals surface area contributed by atoms with E-state index in [1.54, 1.807) is 0 Å². The summed E-state index contributed by atoms with van der Waals surface area (Å²) in [5, 5.41) is 5.52. The maximum Gasteiger partial charge on any atom is 0.135 e. The number of hydrogen-bond donors (Lipinski definition) is 0. The molecule has 35 heavy (non-hydrogen) atoms. The molecule has 3 heteroatoms. The van der Waals surface area contributed by atoms with Crippen LogP contribution in [-0.4, -0.2) is 10.3 Å². The standard InChI is InChI=1S/C32H36OP2/c1-31(2,3)34(25-17-9-7-10-18-25)29-23-15-13-21-27(29)33-28-22-14-16-24-30(28)35(32(4,5)6)26-19-11-8-12-20-26/h7-24H,1-6H3. The normalized spacial score (nSPS) is 13.8. The van der Waals surface area contributed by atoms with Gasteiger partial charge in [-0.2, -0.15) is 0 Å². The topological polar surface area (TPSA) is 9.23 Å². The zero-order valence-electron chi connectivity index (χ0n) is 21.7. The zero-order chi connectivity index (χ0) is 25.1. The second-order valence-corrected chi connectivity index (χ2v) is 16.7. The summed E-state index contributed by atoms with van der Waals surface area (Å²) in [6.45, 7) is 14.0. The molecule has 0 heterocycles. The minimum atomic E-state index is -0.620. The second kappa shape index (κ2) is 10.7. The maximum atomic E-state index is 6.87. The van der Waals surface area contributed by atoms with Crippen LogP contribution in [0.2, 0.25) is 0 Å². The predicted molar refractivity (Wildman–Crippen MR) is 158 cm³/mol. The Morgan fingerprint density at radius 3 is 1.09 bits per heavy atom. The van der Waals surface area contributed by atoms with Gasteiger partial charge >= 0.3 is 0 Å². The van der Waals surface area contributed by atoms with Crippen molar-refractivity contribution < 1.29 is 4.74 Å². The van der Waals surface area contributed by atoms with E-state index in [0.29, 0.717) is 0 Å². The second-order valence-electron chi connectivity index (χ2n) is 10.7. The van der Waals surface area contributed by atoms with Crippen molar-refractivity contribution in [2.24, 2.45) is 0 Å². The van der Waals surface area contributed by atoms with Gasteiger partial charge in [-0.15, -0.1) is 0 Å². The molecule has 0 aliphatic heterocycles. The minimum Gasteiger partial charge on any atom is -0.456 e. The summed E-state index contributed by atoms with van der Waals surface area (Å²) >= 11 is 0. The average Bonchev–Trinajstić information content (AvgIpc) is 2.81. The highest BCUT2D eigenvalue weighted by atomic mass is 31.1. The minimum absolute atomic E-state index is 0.0950. The monoisotopic (exact) mass is 498 g/mol. The SMILES string of the molecule is CC(C)(C)P(c1ccccc1)c1ccccc1Oc1ccccc1P(c1ccccc1)C(C)(C)C. The fourth-order valence-corrected chi connectivity index (χ4v) is 10.1. The number of para-hydroxylation sites is 2. The Morgan fingerprint density at radius 1 is 0.429 bits per heavy atom. The highest BCUT2D eigenvalue weighted by Crippen LogP contribution is 2.51. The van der Waals surface area contributed by atoms with E-state index in [0.717, 1.165) is 11.5 Å². The molecule has 0 amide bonds. The van der Waals surface area contributed by atoms with Gasteiger partial charge in [0.1, 0.15) is 11.5 Å². The third kappa shape index (κ3) is 6.03. The summed E-state index contributed by atoms with van der Waals surface area (Å²) in [6, 6.07) is 39.1. The summed E-state index contributed by atoms with van der Waals surface area (Å²) in [5.74, 6) is 1.92. The zero-order valence-corrected chi connectivity index (χ0v) is 23.5. The maximum absolute atomic E-state index is 6.87. The molecular weight excluding hydrogens is 462 g/mol. The molecule has 4 aromatic carbocycles. The van der Waals surface area contributed by atoms with Crippen molar-refractivity contribution in [3.05, 3.63) is 109 Å². The molecule has 0 aromatic heterocycles. The van der Waals surface area contributed by atoms with Gasteiger partial charge in [0.25, 0.3) is 0 Å². The number of ether oxygens (including phenoxy) is 1. The van der Waals surface area contributed by atoms with Crippen LogP contribution in [-0.2, 0) is 0 Å². The Morgan fingerprint density at radius 2 is 0.743 bits per heavy atom. The van der Waals surface area contributed by atoms with Crippen LogP contribution in [0.15, 0.2) is 109 Å². The van der Waals surface area contributed by atoms with Crippen molar-refractivity contribution in [2.75, 3.05) is 0 Å². The number of hydrogen-bond acceptors (Lipinski definition) is 1. The first kappa shape index (κ1) is 25.6. The quantitative estimate of drug-likeness (QED) is 0.245. The lowest BCUT2D eigenvalue weighted by Gasteiger charge is -2.34. The molecule has 0 saturated carbocycles. The Kier molecular flexibility index (Phi) is 7.80. The van der Waals surface area contributed by atoms with E-state index in [-0.39, 0.29) is 10.3 Å². The Labute approximate surface area is 214 Å². The van der Waals surface area contributed by atoms with Crippen molar-refractivity contribution in [3.63, 3.8) is 0 Å². The first-order chi connectivity index (χ1) is 16.7. The fraction of sp³-hybridized carbons (Fsp3) is 0.250. The lowest BCUT2D eigenvalue weighted by atomic mass is 10.2. The van der Waals surface area contributed by atoms with Gasteiger partial charge in [0.15, 0.2) is 0 Å². The number of benzene rings is 4. The lowest BCUT2D eigenvalue weighted by molar-refractivity contribution is 0.490. The Balaban J connectivity index is 1.82. The van der Waals surface area contributed by atoms with Gasteiger partial charge in [0.05, 0.1) is 0 Å². The van der Waals surface area contributed by atoms with Crippen LogP contribution < -0.4 is 26.0 Å². The smallest absolute Gasteiger partial charge is 0.135 e. The van der Waals surface area contributed by atoms with E-state index in [9.17, 15) is 0 Å². The van der Waals surface area contributed by atoms with Crippen molar-refractivity contribution in [3.8, 4) is 11.5 Å². The van der Waals surface area contributed by atoms with Crippen LogP contribution in [0.4, 0.5) is 0 Å². The van der Waals surface area contributed by atoms with E-state index < -0.39 is 15.8 Å². The van der Waals surface area contributed by atoms with Gasteiger partial charge in [-0.1, -0.05) is 139 Å². The van der Waals surface area contributed by atoms with Crippen LogP contribution in [0.5, 0.6) is 11.5 Å². The van der Waals surface area contributed by atoms with E-state index in [1.807, 2.05) is 0 Å². The van der Waals surface area contributed by atoms with Crippen LogP contribution >= 0.6 is 15.8 Å². The summed E-state index contributed by atoms with van der Waals surface area (Å²) in [6.07, 6.45) is 0. The van der Waals surface area contributed by atoms with Crippen molar-refractivity contribution >= 4 is 37.1 Å². The van der Waals surface area contributed by atoms with Crippen molar-refractivity contribution in [1.29, 1.82) is 0 Å². The van der Waals surface area contributed by atoms with Gasteiger partial charge in [-0.25, -0.2) is 0 Å². The van der Waals surface area contributed by atoms with Gasteiger partial charge in [0, 0.05) is 10.6 Å². The molecule has 2 unspecified atom stereocenters. The molecule has 0 spiro atoms. The predicted octanol–water partition coefficient (Wildman–Crippen LogP) is 7.94. The summed E-state index contributed by atoms with van der Waals surface area (Å²) in [5.41, 5.74) is 0. The molecule has 0 N–H and O–H groups in total. The van der Waals surface area contributed by atoms with Crippen LogP contribution in [0.1, 0.15) is 41.5 Å². The highest BCUT2D eigenvalue weighted by Gasteiger charge is 2.32. The molecular formula is C32H36OP2. The Bertz CT molecular complexity index is 1140. The van der Waals surface area contributed by atoms with Crippen molar-refractivity contribution in [2.45, 2.75) is 51.9 Å². The first-order valence-electron chi connectivity index (χ1n) is 12.2. The molecule has 2 atom stereocenters. The summed E-state index contributed by atoms with van der Waals surface area (Å²) in [4.78, 5) is 0. The molecule has 180 valence electrons. The molecule has 0 aliphatic carbocycles. The lowest BCUT2D eigenvalue weighted by Crippen LogP contribution is -2.28. The summed E-state index contributed by atoms with van der Waals surface area (Å²) < 4.78 is 6.87. The molecule has 4 aromatic rings. The average molecular weight is 499 g/mol. The first-order valence-corrected chi connectivity index (χ1v) is 14.9. The van der Waals surface area contributed by atoms with E-state index in [4.69, 9.17) is 4.74 Å². The molecule has 0 fully saturated rings. The van der Waals surface area contributed by atoms with Crippen LogP contribution in [0, 0.1) is 0 Å². The van der Waals surface area contributed by atoms with Crippen LogP contribution in [0.3, 0.4) is 0 Å². The largest absolute Gasteiger partial charge is 0.456 e. The van der Waals surface area contributed by atoms with Gasteiger partial charge < -0.3 is 4.74 Å². The molecule has 4 rings (SSSR count). The number of rotatable bonds is 6. The van der Waals surface area contributed by atoms with Gasteiger partial charge in [-0.3, -0.25) is 0 Å². The Hall–Kier alpha value is -2.46. The molecule has 1 nitrogen and oxygen atoms in total. The third-order valence-corrected chi connectivity index (χ3v) is 11.8. The van der Waals surface area contributed by atoms with Gasteiger partial charge in [0.2, 0.25) is 0 Å². The molecule has 0 aliphatic rings. The van der Waals surface area contributed by atoms with Gasteiger partial charge in [-0.05, 0) is 48.9 Å². The molecule has 0 radical (unpaired) electrons. The fourth-order valence-electron chi connectivity index (χ4n) is 4.50. The van der Waals surface area contributed by atoms with Crippen LogP contribution in [0.25, 0.3) is 0 Å². The summed E-state index contributed by atoms with van der Waals surface area (Å²) in [7, 11) is -1.24. The van der Waals surface area contributed by atoms with E-state index in [2.05, 4.69) is 151 Å². The molecule has 0 saturated heterocycles. The van der Waals surface area contributed by atoms with E-state index >= 15 is 0 Å².